The van der Waals surface area contributed by atoms with Gasteiger partial charge in [0.1, 0.15) is 0 Å². The van der Waals surface area contributed by atoms with Crippen molar-refractivity contribution in [1.29, 1.82) is 0 Å². The minimum absolute atomic E-state index is 0.136. The minimum Gasteiger partial charge on any atom is -0.308 e. The van der Waals surface area contributed by atoms with E-state index in [4.69, 9.17) is 0 Å². The van der Waals surface area contributed by atoms with Crippen LogP contribution in [0.5, 0.6) is 0 Å². The fourth-order valence-corrected chi connectivity index (χ4v) is 4.59. The summed E-state index contributed by atoms with van der Waals surface area (Å²) in [7, 11) is 1.94. The highest BCUT2D eigenvalue weighted by atomic mass is 32.1. The Bertz CT molecular complexity index is 842. The predicted molar refractivity (Wildman–Crippen MR) is 91.3 cm³/mol. The van der Waals surface area contributed by atoms with E-state index in [2.05, 4.69) is 22.5 Å². The number of fused-ring (bicyclic) bond motifs is 3. The molecule has 1 fully saturated rings. The van der Waals surface area contributed by atoms with E-state index < -0.39 is 0 Å². The number of aryl methyl sites for hydroxylation is 1. The molecule has 0 radical (unpaired) electrons. The lowest BCUT2D eigenvalue weighted by molar-refractivity contribution is -0.120. The number of hydrogen-bond donors (Lipinski definition) is 1. The second kappa shape index (κ2) is 5.39. The maximum Gasteiger partial charge on any atom is 0.228 e. The van der Waals surface area contributed by atoms with Crippen LogP contribution in [-0.4, -0.2) is 15.7 Å². The smallest absolute Gasteiger partial charge is 0.228 e. The highest BCUT2D eigenvalue weighted by Gasteiger charge is 2.23. The summed E-state index contributed by atoms with van der Waals surface area (Å²) < 4.78 is 4.19. The third kappa shape index (κ3) is 2.20. The van der Waals surface area contributed by atoms with E-state index >= 15 is 0 Å². The molecular weight excluding hydrogens is 294 g/mol. The zero-order valence-electron chi connectivity index (χ0n) is 12.6. The third-order valence-electron chi connectivity index (χ3n) is 4.58. The van der Waals surface area contributed by atoms with Crippen LogP contribution >= 0.6 is 11.3 Å². The van der Waals surface area contributed by atoms with Crippen molar-refractivity contribution in [3.63, 3.8) is 0 Å². The number of carbonyl (C=O) groups excluding carboxylic acids is 1. The number of nitrogens with zero attached hydrogens (tertiary/aromatic N) is 2. The molecular formula is C17H19N3OS. The van der Waals surface area contributed by atoms with Gasteiger partial charge in [0.15, 0.2) is 5.82 Å². The first kappa shape index (κ1) is 13.8. The van der Waals surface area contributed by atoms with Gasteiger partial charge >= 0.3 is 0 Å². The molecule has 0 aliphatic heterocycles. The summed E-state index contributed by atoms with van der Waals surface area (Å²) in [6.07, 6.45) is 5.60. The molecule has 0 unspecified atom stereocenters. The lowest BCUT2D eigenvalue weighted by Crippen LogP contribution is -2.25. The zero-order chi connectivity index (χ0) is 15.1. The van der Waals surface area contributed by atoms with E-state index in [1.54, 1.807) is 11.3 Å². The van der Waals surface area contributed by atoms with Crippen molar-refractivity contribution in [3.8, 4) is 0 Å². The Morgan fingerprint density at radius 3 is 2.86 bits per heavy atom. The molecule has 4 rings (SSSR count). The monoisotopic (exact) mass is 313 g/mol. The van der Waals surface area contributed by atoms with Crippen LogP contribution in [0.15, 0.2) is 24.3 Å². The summed E-state index contributed by atoms with van der Waals surface area (Å²) in [5, 5.41) is 8.81. The van der Waals surface area contributed by atoms with Gasteiger partial charge in [-0.25, -0.2) is 0 Å². The van der Waals surface area contributed by atoms with E-state index in [-0.39, 0.29) is 11.8 Å². The molecule has 1 aliphatic carbocycles. The first-order valence-corrected chi connectivity index (χ1v) is 8.71. The van der Waals surface area contributed by atoms with Crippen LogP contribution in [0.1, 0.15) is 32.1 Å². The number of benzene rings is 1. The Morgan fingerprint density at radius 2 is 2.05 bits per heavy atom. The van der Waals surface area contributed by atoms with E-state index in [0.29, 0.717) is 5.82 Å². The van der Waals surface area contributed by atoms with Crippen LogP contribution in [0.2, 0.25) is 0 Å². The molecule has 1 amide bonds. The fraction of sp³-hybridized carbons (Fsp3) is 0.412. The quantitative estimate of drug-likeness (QED) is 0.766. The van der Waals surface area contributed by atoms with Gasteiger partial charge in [-0.1, -0.05) is 37.5 Å². The molecule has 114 valence electrons. The molecule has 1 aromatic carbocycles. The summed E-state index contributed by atoms with van der Waals surface area (Å²) in [5.74, 6) is 1.01. The van der Waals surface area contributed by atoms with Gasteiger partial charge in [0.05, 0.1) is 10.2 Å². The Hall–Kier alpha value is -1.88. The Labute approximate surface area is 133 Å². The minimum atomic E-state index is 0.136. The normalized spacial score (nSPS) is 16.4. The average molecular weight is 313 g/mol. The molecule has 1 N–H and O–H groups in total. The summed E-state index contributed by atoms with van der Waals surface area (Å²) in [6.45, 7) is 0. The van der Waals surface area contributed by atoms with Crippen LogP contribution in [0.3, 0.4) is 0 Å². The number of aromatic nitrogens is 2. The van der Waals surface area contributed by atoms with Gasteiger partial charge in [-0.3, -0.25) is 9.48 Å². The van der Waals surface area contributed by atoms with Crippen molar-refractivity contribution in [2.24, 2.45) is 13.0 Å². The molecule has 0 bridgehead atoms. The fourth-order valence-electron chi connectivity index (χ4n) is 3.42. The molecule has 22 heavy (non-hydrogen) atoms. The SMILES string of the molecule is Cn1nc(NC(=O)C2CCCCC2)c2sc3ccccc3c21. The summed E-state index contributed by atoms with van der Waals surface area (Å²) >= 11 is 1.70. The van der Waals surface area contributed by atoms with E-state index in [1.807, 2.05) is 23.9 Å². The van der Waals surface area contributed by atoms with E-state index in [1.165, 1.54) is 29.3 Å². The lowest BCUT2D eigenvalue weighted by atomic mass is 9.89. The molecule has 3 aromatic rings. The highest BCUT2D eigenvalue weighted by molar-refractivity contribution is 7.26. The average Bonchev–Trinajstić information content (AvgIpc) is 3.07. The second-order valence-electron chi connectivity index (χ2n) is 6.07. The van der Waals surface area contributed by atoms with Crippen LogP contribution < -0.4 is 5.32 Å². The lowest BCUT2D eigenvalue weighted by Gasteiger charge is -2.20. The summed E-state index contributed by atoms with van der Waals surface area (Å²) in [5.41, 5.74) is 1.11. The Morgan fingerprint density at radius 1 is 1.27 bits per heavy atom. The number of nitrogens with one attached hydrogen (secondary N) is 1. The molecule has 5 heteroatoms. The van der Waals surface area contributed by atoms with E-state index in [9.17, 15) is 4.79 Å². The predicted octanol–water partition coefficient (Wildman–Crippen LogP) is 4.31. The number of anilines is 1. The maximum atomic E-state index is 12.5. The summed E-state index contributed by atoms with van der Waals surface area (Å²) in [6, 6.07) is 8.32. The zero-order valence-corrected chi connectivity index (χ0v) is 13.4. The van der Waals surface area contributed by atoms with Gasteiger partial charge in [-0.05, 0) is 18.9 Å². The Kier molecular flexibility index (Phi) is 3.37. The topological polar surface area (TPSA) is 46.9 Å². The number of amides is 1. The maximum absolute atomic E-state index is 12.5. The van der Waals surface area contributed by atoms with Crippen molar-refractivity contribution < 1.29 is 4.79 Å². The molecule has 2 aromatic heterocycles. The van der Waals surface area contributed by atoms with Gasteiger partial charge in [0, 0.05) is 23.1 Å². The number of thiophene rings is 1. The molecule has 2 heterocycles. The van der Waals surface area contributed by atoms with Crippen LogP contribution in [0.4, 0.5) is 5.82 Å². The summed E-state index contributed by atoms with van der Waals surface area (Å²) in [4.78, 5) is 12.5. The van der Waals surface area contributed by atoms with Crippen molar-refractivity contribution in [2.75, 3.05) is 5.32 Å². The van der Waals surface area contributed by atoms with Crippen molar-refractivity contribution in [2.45, 2.75) is 32.1 Å². The molecule has 0 saturated heterocycles. The third-order valence-corrected chi connectivity index (χ3v) is 5.74. The number of hydrogen-bond acceptors (Lipinski definition) is 3. The van der Waals surface area contributed by atoms with Gasteiger partial charge < -0.3 is 5.32 Å². The number of rotatable bonds is 2. The second-order valence-corrected chi connectivity index (χ2v) is 7.12. The molecule has 1 saturated carbocycles. The van der Waals surface area contributed by atoms with Gasteiger partial charge in [-0.2, -0.15) is 5.10 Å². The molecule has 0 atom stereocenters. The van der Waals surface area contributed by atoms with Gasteiger partial charge in [0.25, 0.3) is 0 Å². The first-order chi connectivity index (χ1) is 10.7. The Balaban J connectivity index is 1.71. The number of carbonyl (C=O) groups is 1. The van der Waals surface area contributed by atoms with Crippen molar-refractivity contribution >= 4 is 43.4 Å². The molecule has 1 aliphatic rings. The largest absolute Gasteiger partial charge is 0.308 e. The molecule has 4 nitrogen and oxygen atoms in total. The highest BCUT2D eigenvalue weighted by Crippen LogP contribution is 2.38. The van der Waals surface area contributed by atoms with Crippen LogP contribution in [0.25, 0.3) is 20.3 Å². The first-order valence-electron chi connectivity index (χ1n) is 7.89. The standard InChI is InChI=1S/C17H19N3OS/c1-20-14-12-9-5-6-10-13(12)22-15(14)16(19-20)18-17(21)11-7-3-2-4-8-11/h5-6,9-11H,2-4,7-8H2,1H3,(H,18,19,21). The van der Waals surface area contributed by atoms with Crippen LogP contribution in [-0.2, 0) is 11.8 Å². The van der Waals surface area contributed by atoms with Crippen LogP contribution in [0, 0.1) is 5.92 Å². The molecule has 0 spiro atoms. The van der Waals surface area contributed by atoms with Gasteiger partial charge in [0.2, 0.25) is 5.91 Å². The van der Waals surface area contributed by atoms with Gasteiger partial charge in [-0.15, -0.1) is 11.3 Å². The van der Waals surface area contributed by atoms with Crippen molar-refractivity contribution in [3.05, 3.63) is 24.3 Å². The van der Waals surface area contributed by atoms with E-state index in [0.717, 1.165) is 23.1 Å². The van der Waals surface area contributed by atoms with Crippen molar-refractivity contribution in [1.82, 2.24) is 9.78 Å².